The number of piperazine rings is 1. The van der Waals surface area contributed by atoms with Crippen molar-refractivity contribution in [2.45, 2.75) is 0 Å². The fraction of sp³-hybridized carbons (Fsp3) is 0.167. The molecule has 1 aliphatic heterocycles. The quantitative estimate of drug-likeness (QED) is 0.504. The molecule has 0 aliphatic carbocycles. The summed E-state index contributed by atoms with van der Waals surface area (Å²) >= 11 is 0. The van der Waals surface area contributed by atoms with Crippen molar-refractivity contribution in [2.75, 3.05) is 31.1 Å². The number of benzene rings is 2. The lowest BCUT2D eigenvalue weighted by Gasteiger charge is -2.35. The summed E-state index contributed by atoms with van der Waals surface area (Å²) in [6.45, 7) is 2.62. The zero-order valence-electron chi connectivity index (χ0n) is 16.3. The van der Waals surface area contributed by atoms with E-state index in [4.69, 9.17) is 9.40 Å². The van der Waals surface area contributed by atoms with E-state index in [2.05, 4.69) is 11.0 Å². The second-order valence-corrected chi connectivity index (χ2v) is 7.31. The second-order valence-electron chi connectivity index (χ2n) is 7.31. The summed E-state index contributed by atoms with van der Waals surface area (Å²) in [6, 6.07) is 20.0. The number of anilines is 1. The van der Waals surface area contributed by atoms with Crippen molar-refractivity contribution >= 4 is 22.6 Å². The molecule has 3 heterocycles. The molecule has 5 nitrogen and oxygen atoms in total. The van der Waals surface area contributed by atoms with E-state index in [0.29, 0.717) is 31.9 Å². The molecule has 1 saturated heterocycles. The normalized spacial score (nSPS) is 14.3. The fourth-order valence-corrected chi connectivity index (χ4v) is 3.87. The number of aromatic nitrogens is 1. The summed E-state index contributed by atoms with van der Waals surface area (Å²) in [5.41, 5.74) is 2.79. The Morgan fingerprint density at radius 1 is 0.900 bits per heavy atom. The van der Waals surface area contributed by atoms with Gasteiger partial charge in [-0.2, -0.15) is 0 Å². The fourth-order valence-electron chi connectivity index (χ4n) is 3.87. The van der Waals surface area contributed by atoms with E-state index in [1.807, 2.05) is 24.3 Å². The molecule has 0 N–H and O–H groups in total. The Labute approximate surface area is 173 Å². The number of carbonyl (C=O) groups excluding carboxylic acids is 1. The summed E-state index contributed by atoms with van der Waals surface area (Å²) < 4.78 is 18.6. The molecule has 0 saturated carbocycles. The van der Waals surface area contributed by atoms with Crippen molar-refractivity contribution in [1.29, 1.82) is 0 Å². The van der Waals surface area contributed by atoms with Crippen LogP contribution in [0.1, 0.15) is 10.6 Å². The van der Waals surface area contributed by atoms with E-state index in [1.54, 1.807) is 29.2 Å². The summed E-state index contributed by atoms with van der Waals surface area (Å²) in [5.74, 6) is 0.915. The minimum atomic E-state index is -0.255. The average Bonchev–Trinajstić information content (AvgIpc) is 3.34. The molecule has 4 aromatic rings. The lowest BCUT2D eigenvalue weighted by atomic mass is 10.0. The first-order valence-corrected chi connectivity index (χ1v) is 9.92. The average molecular weight is 401 g/mol. The Morgan fingerprint density at radius 3 is 2.43 bits per heavy atom. The van der Waals surface area contributed by atoms with Gasteiger partial charge in [0.15, 0.2) is 5.76 Å². The first-order chi connectivity index (χ1) is 14.7. The van der Waals surface area contributed by atoms with Crippen molar-refractivity contribution in [2.24, 2.45) is 0 Å². The summed E-state index contributed by atoms with van der Waals surface area (Å²) in [7, 11) is 0. The van der Waals surface area contributed by atoms with Crippen LogP contribution in [-0.2, 0) is 0 Å². The number of furan rings is 1. The Balaban J connectivity index is 1.40. The molecule has 0 bridgehead atoms. The van der Waals surface area contributed by atoms with Gasteiger partial charge in [-0.3, -0.25) is 4.79 Å². The van der Waals surface area contributed by atoms with Crippen LogP contribution in [-0.4, -0.2) is 42.0 Å². The highest BCUT2D eigenvalue weighted by molar-refractivity contribution is 5.94. The van der Waals surface area contributed by atoms with Crippen LogP contribution >= 0.6 is 0 Å². The highest BCUT2D eigenvalue weighted by atomic mass is 19.1. The molecule has 1 aliphatic rings. The van der Waals surface area contributed by atoms with Gasteiger partial charge in [0.1, 0.15) is 11.6 Å². The molecule has 0 unspecified atom stereocenters. The zero-order chi connectivity index (χ0) is 20.5. The number of fused-ring (bicyclic) bond motifs is 1. The minimum absolute atomic E-state index is 0.0790. The monoisotopic (exact) mass is 401 g/mol. The van der Waals surface area contributed by atoms with Gasteiger partial charge < -0.3 is 14.2 Å². The number of hydrogen-bond acceptors (Lipinski definition) is 4. The van der Waals surface area contributed by atoms with E-state index in [9.17, 15) is 9.18 Å². The highest BCUT2D eigenvalue weighted by Gasteiger charge is 2.24. The van der Waals surface area contributed by atoms with Crippen molar-refractivity contribution in [3.05, 3.63) is 84.6 Å². The molecule has 6 heteroatoms. The van der Waals surface area contributed by atoms with Gasteiger partial charge in [-0.1, -0.05) is 30.3 Å². The highest BCUT2D eigenvalue weighted by Crippen LogP contribution is 2.29. The van der Waals surface area contributed by atoms with Crippen LogP contribution in [0.3, 0.4) is 0 Å². The third-order valence-corrected chi connectivity index (χ3v) is 5.48. The summed E-state index contributed by atoms with van der Waals surface area (Å²) in [6.07, 6.45) is 1.52. The van der Waals surface area contributed by atoms with Crippen molar-refractivity contribution in [3.63, 3.8) is 0 Å². The number of pyridine rings is 1. The SMILES string of the molecule is O=C(c1ccco1)N1CCN(c2ccc3cccc(-c4ccc(F)cc4)c3n2)CC1. The lowest BCUT2D eigenvalue weighted by molar-refractivity contribution is 0.0714. The van der Waals surface area contributed by atoms with Gasteiger partial charge in [0.05, 0.1) is 11.8 Å². The minimum Gasteiger partial charge on any atom is -0.459 e. The molecule has 2 aromatic carbocycles. The van der Waals surface area contributed by atoms with Crippen LogP contribution in [0.25, 0.3) is 22.0 Å². The molecule has 0 radical (unpaired) electrons. The third-order valence-electron chi connectivity index (χ3n) is 5.48. The molecule has 1 amide bonds. The van der Waals surface area contributed by atoms with E-state index >= 15 is 0 Å². The predicted octanol–water partition coefficient (Wildman–Crippen LogP) is 4.60. The Bertz CT molecular complexity index is 1180. The van der Waals surface area contributed by atoms with Crippen LogP contribution in [0.15, 0.2) is 77.4 Å². The second kappa shape index (κ2) is 7.63. The zero-order valence-corrected chi connectivity index (χ0v) is 16.3. The van der Waals surface area contributed by atoms with Crippen LogP contribution in [0, 0.1) is 5.82 Å². The summed E-state index contributed by atoms with van der Waals surface area (Å²) in [4.78, 5) is 21.4. The number of halogens is 1. The smallest absolute Gasteiger partial charge is 0.289 e. The molecule has 5 rings (SSSR count). The molecular formula is C24H20FN3O2. The van der Waals surface area contributed by atoms with Gasteiger partial charge in [-0.25, -0.2) is 9.37 Å². The summed E-state index contributed by atoms with van der Waals surface area (Å²) in [5, 5.41) is 1.03. The Hall–Kier alpha value is -3.67. The van der Waals surface area contributed by atoms with E-state index in [-0.39, 0.29) is 11.7 Å². The van der Waals surface area contributed by atoms with Gasteiger partial charge in [0.2, 0.25) is 0 Å². The van der Waals surface area contributed by atoms with Crippen LogP contribution in [0.4, 0.5) is 10.2 Å². The molecule has 1 fully saturated rings. The lowest BCUT2D eigenvalue weighted by Crippen LogP contribution is -2.49. The molecule has 0 spiro atoms. The van der Waals surface area contributed by atoms with Gasteiger partial charge in [0, 0.05) is 37.1 Å². The van der Waals surface area contributed by atoms with E-state index < -0.39 is 0 Å². The molecule has 2 aromatic heterocycles. The number of hydrogen-bond donors (Lipinski definition) is 0. The van der Waals surface area contributed by atoms with Crippen molar-refractivity contribution in [3.8, 4) is 11.1 Å². The number of amides is 1. The number of nitrogens with zero attached hydrogens (tertiary/aromatic N) is 3. The van der Waals surface area contributed by atoms with E-state index in [1.165, 1.54) is 18.4 Å². The number of carbonyl (C=O) groups is 1. The first-order valence-electron chi connectivity index (χ1n) is 9.92. The number of rotatable bonds is 3. The first kappa shape index (κ1) is 18.4. The maximum absolute atomic E-state index is 13.3. The van der Waals surface area contributed by atoms with Gasteiger partial charge >= 0.3 is 0 Å². The van der Waals surface area contributed by atoms with Gasteiger partial charge in [0.25, 0.3) is 5.91 Å². The maximum atomic E-state index is 13.3. The molecule has 150 valence electrons. The number of para-hydroxylation sites is 1. The maximum Gasteiger partial charge on any atom is 0.289 e. The predicted molar refractivity (Wildman–Crippen MR) is 114 cm³/mol. The van der Waals surface area contributed by atoms with Gasteiger partial charge in [-0.05, 0) is 42.0 Å². The molecule has 30 heavy (non-hydrogen) atoms. The van der Waals surface area contributed by atoms with E-state index in [0.717, 1.165) is 27.8 Å². The standard InChI is InChI=1S/C24H20FN3O2/c25-19-9-6-17(7-10-19)20-4-1-3-18-8-11-22(26-23(18)20)27-12-14-28(15-13-27)24(29)21-5-2-16-30-21/h1-11,16H,12-15H2. The van der Waals surface area contributed by atoms with Crippen molar-refractivity contribution in [1.82, 2.24) is 9.88 Å². The third kappa shape index (κ3) is 3.41. The molecular weight excluding hydrogens is 381 g/mol. The van der Waals surface area contributed by atoms with Crippen LogP contribution in [0.5, 0.6) is 0 Å². The van der Waals surface area contributed by atoms with Crippen LogP contribution in [0.2, 0.25) is 0 Å². The van der Waals surface area contributed by atoms with Crippen LogP contribution < -0.4 is 4.90 Å². The Morgan fingerprint density at radius 2 is 1.70 bits per heavy atom. The van der Waals surface area contributed by atoms with Gasteiger partial charge in [-0.15, -0.1) is 0 Å². The topological polar surface area (TPSA) is 49.6 Å². The largest absolute Gasteiger partial charge is 0.459 e. The Kier molecular flexibility index (Phi) is 4.67. The molecule has 0 atom stereocenters. The van der Waals surface area contributed by atoms with Crippen molar-refractivity contribution < 1.29 is 13.6 Å².